The van der Waals surface area contributed by atoms with E-state index in [4.69, 9.17) is 5.73 Å². The first kappa shape index (κ1) is 13.1. The number of nitrogens with two attached hydrogens (primary N) is 1. The summed E-state index contributed by atoms with van der Waals surface area (Å²) in [4.78, 5) is 15.3. The van der Waals surface area contributed by atoms with Crippen LogP contribution >= 0.6 is 11.3 Å². The Morgan fingerprint density at radius 1 is 1.50 bits per heavy atom. The van der Waals surface area contributed by atoms with E-state index in [9.17, 15) is 13.2 Å². The van der Waals surface area contributed by atoms with E-state index < -0.39 is 15.1 Å². The van der Waals surface area contributed by atoms with Crippen LogP contribution in [-0.4, -0.2) is 18.6 Å². The molecule has 1 rings (SSSR count). The molecule has 1 amide bonds. The normalized spacial score (nSPS) is 11.6. The number of hydrogen-bond acceptors (Lipinski definition) is 5. The number of thiazole rings is 1. The van der Waals surface area contributed by atoms with Crippen LogP contribution in [0.4, 0.5) is 4.79 Å². The summed E-state index contributed by atoms with van der Waals surface area (Å²) in [5.74, 6) is 0. The van der Waals surface area contributed by atoms with Gasteiger partial charge in [0.1, 0.15) is 0 Å². The summed E-state index contributed by atoms with van der Waals surface area (Å²) >= 11 is 1.02. The minimum atomic E-state index is -4.04. The molecule has 0 saturated carbocycles. The molecule has 16 heavy (non-hydrogen) atoms. The minimum Gasteiger partial charge on any atom is -0.356 e. The molecule has 7 heteroatoms. The summed E-state index contributed by atoms with van der Waals surface area (Å²) in [5, 5.41) is -1.35. The van der Waals surface area contributed by atoms with Crippen LogP contribution in [0, 0.1) is 0 Å². The second-order valence-corrected chi connectivity index (χ2v) is 6.54. The zero-order valence-corrected chi connectivity index (χ0v) is 10.6. The largest absolute Gasteiger partial charge is 0.356 e. The van der Waals surface area contributed by atoms with E-state index in [-0.39, 0.29) is 4.34 Å². The lowest BCUT2D eigenvalue weighted by Gasteiger charge is -1.94. The van der Waals surface area contributed by atoms with Crippen LogP contribution in [0.5, 0.6) is 0 Å². The van der Waals surface area contributed by atoms with Gasteiger partial charge < -0.3 is 5.73 Å². The third-order valence-corrected chi connectivity index (χ3v) is 4.91. The van der Waals surface area contributed by atoms with Crippen molar-refractivity contribution in [2.24, 2.45) is 5.73 Å². The van der Waals surface area contributed by atoms with Crippen LogP contribution < -0.4 is 5.73 Å². The predicted molar refractivity (Wildman–Crippen MR) is 62.1 cm³/mol. The van der Waals surface area contributed by atoms with Gasteiger partial charge in [-0.15, -0.1) is 11.3 Å². The van der Waals surface area contributed by atoms with Gasteiger partial charge in [-0.3, -0.25) is 4.79 Å². The second kappa shape index (κ2) is 5.40. The van der Waals surface area contributed by atoms with Crippen LogP contribution in [0.15, 0.2) is 10.5 Å². The number of rotatable bonds is 5. The van der Waals surface area contributed by atoms with E-state index in [1.54, 1.807) is 0 Å². The molecule has 0 aliphatic heterocycles. The highest BCUT2D eigenvalue weighted by Crippen LogP contribution is 2.21. The van der Waals surface area contributed by atoms with Crippen molar-refractivity contribution in [3.63, 3.8) is 0 Å². The lowest BCUT2D eigenvalue weighted by atomic mass is 10.2. The summed E-state index contributed by atoms with van der Waals surface area (Å²) < 4.78 is 22.5. The summed E-state index contributed by atoms with van der Waals surface area (Å²) in [6.07, 6.45) is 5.48. The number of carbonyl (C=O) groups is 1. The van der Waals surface area contributed by atoms with Crippen LogP contribution in [0.1, 0.15) is 31.1 Å². The molecule has 0 fully saturated rings. The molecule has 0 saturated heterocycles. The average molecular weight is 262 g/mol. The monoisotopic (exact) mass is 262 g/mol. The van der Waals surface area contributed by atoms with Crippen LogP contribution in [0.3, 0.4) is 0 Å². The van der Waals surface area contributed by atoms with Crippen molar-refractivity contribution in [2.75, 3.05) is 0 Å². The van der Waals surface area contributed by atoms with Crippen LogP contribution in [-0.2, 0) is 16.3 Å². The number of aryl methyl sites for hydroxylation is 1. The van der Waals surface area contributed by atoms with Gasteiger partial charge in [-0.25, -0.2) is 13.4 Å². The highest BCUT2D eigenvalue weighted by molar-refractivity contribution is 8.07. The Bertz CT molecular complexity index is 465. The fourth-order valence-corrected chi connectivity index (χ4v) is 3.22. The molecular weight excluding hydrogens is 248 g/mol. The SMILES string of the molecule is CCCCCc1cnc(S(=O)(=O)C(N)=O)s1. The van der Waals surface area contributed by atoms with Gasteiger partial charge in [0.15, 0.2) is 0 Å². The fourth-order valence-electron chi connectivity index (χ4n) is 1.16. The lowest BCUT2D eigenvalue weighted by Crippen LogP contribution is -2.21. The average Bonchev–Trinajstić information content (AvgIpc) is 2.67. The Morgan fingerprint density at radius 3 is 2.75 bits per heavy atom. The van der Waals surface area contributed by atoms with Gasteiger partial charge in [0, 0.05) is 11.1 Å². The zero-order chi connectivity index (χ0) is 12.2. The molecule has 1 aromatic heterocycles. The van der Waals surface area contributed by atoms with Crippen molar-refractivity contribution in [1.82, 2.24) is 4.98 Å². The van der Waals surface area contributed by atoms with Crippen LogP contribution in [0.2, 0.25) is 0 Å². The Labute approximate surface area is 98.6 Å². The third-order valence-electron chi connectivity index (χ3n) is 2.05. The number of sulfone groups is 1. The first-order valence-electron chi connectivity index (χ1n) is 4.97. The number of nitrogens with zero attached hydrogens (tertiary/aromatic N) is 1. The molecular formula is C9H14N2O3S2. The summed E-state index contributed by atoms with van der Waals surface area (Å²) in [6, 6.07) is 0. The number of amides is 1. The van der Waals surface area contributed by atoms with E-state index in [1.807, 2.05) is 0 Å². The number of hydrogen-bond donors (Lipinski definition) is 1. The molecule has 0 aliphatic carbocycles. The highest BCUT2D eigenvalue weighted by Gasteiger charge is 2.25. The van der Waals surface area contributed by atoms with Crippen molar-refractivity contribution in [1.29, 1.82) is 0 Å². The predicted octanol–water partition coefficient (Wildman–Crippen LogP) is 1.73. The minimum absolute atomic E-state index is 0.202. The Morgan fingerprint density at radius 2 is 2.19 bits per heavy atom. The summed E-state index contributed by atoms with van der Waals surface area (Å²) in [7, 11) is -4.04. The van der Waals surface area contributed by atoms with Crippen molar-refractivity contribution in [3.8, 4) is 0 Å². The van der Waals surface area contributed by atoms with Gasteiger partial charge in [-0.05, 0) is 12.8 Å². The first-order chi connectivity index (χ1) is 7.48. The number of unbranched alkanes of at least 4 members (excludes halogenated alkanes) is 2. The molecule has 90 valence electrons. The van der Waals surface area contributed by atoms with Crippen molar-refractivity contribution in [2.45, 2.75) is 36.9 Å². The highest BCUT2D eigenvalue weighted by atomic mass is 32.2. The van der Waals surface area contributed by atoms with Crippen molar-refractivity contribution in [3.05, 3.63) is 11.1 Å². The number of aromatic nitrogens is 1. The summed E-state index contributed by atoms with van der Waals surface area (Å²) in [5.41, 5.74) is 4.77. The van der Waals surface area contributed by atoms with Gasteiger partial charge >= 0.3 is 5.24 Å². The smallest absolute Gasteiger partial charge is 0.341 e. The topological polar surface area (TPSA) is 90.1 Å². The molecule has 1 heterocycles. The van der Waals surface area contributed by atoms with Gasteiger partial charge in [-0.1, -0.05) is 19.8 Å². The van der Waals surface area contributed by atoms with E-state index in [2.05, 4.69) is 11.9 Å². The molecule has 0 unspecified atom stereocenters. The van der Waals surface area contributed by atoms with Gasteiger partial charge in [0.2, 0.25) is 4.34 Å². The second-order valence-electron chi connectivity index (χ2n) is 3.37. The molecule has 5 nitrogen and oxygen atoms in total. The van der Waals surface area contributed by atoms with Crippen molar-refractivity contribution >= 4 is 26.4 Å². The Kier molecular flexibility index (Phi) is 4.43. The standard InChI is InChI=1S/C9H14N2O3S2/c1-2-3-4-5-7-6-11-9(15-7)16(13,14)8(10)12/h6H,2-5H2,1H3,(H2,10,12). The van der Waals surface area contributed by atoms with Gasteiger partial charge in [-0.2, -0.15) is 0 Å². The Balaban J connectivity index is 2.76. The maximum Gasteiger partial charge on any atom is 0.341 e. The van der Waals surface area contributed by atoms with Crippen LogP contribution in [0.25, 0.3) is 0 Å². The third kappa shape index (κ3) is 3.02. The molecule has 0 atom stereocenters. The summed E-state index contributed by atoms with van der Waals surface area (Å²) in [6.45, 7) is 2.09. The fraction of sp³-hybridized carbons (Fsp3) is 0.556. The zero-order valence-electron chi connectivity index (χ0n) is 8.97. The molecule has 0 bridgehead atoms. The molecule has 0 spiro atoms. The Hall–Kier alpha value is -0.950. The van der Waals surface area contributed by atoms with Gasteiger partial charge in [0.05, 0.1) is 0 Å². The molecule has 0 aromatic carbocycles. The molecule has 2 N–H and O–H groups in total. The number of carbonyl (C=O) groups excluding carboxylic acids is 1. The molecule has 0 aliphatic rings. The van der Waals surface area contributed by atoms with E-state index in [1.165, 1.54) is 6.20 Å². The van der Waals surface area contributed by atoms with E-state index in [0.717, 1.165) is 41.9 Å². The first-order valence-corrected chi connectivity index (χ1v) is 7.27. The maximum absolute atomic E-state index is 11.3. The molecule has 0 radical (unpaired) electrons. The quantitative estimate of drug-likeness (QED) is 0.818. The maximum atomic E-state index is 11.3. The van der Waals surface area contributed by atoms with Gasteiger partial charge in [0.25, 0.3) is 9.84 Å². The van der Waals surface area contributed by atoms with E-state index in [0.29, 0.717) is 0 Å². The van der Waals surface area contributed by atoms with Crippen molar-refractivity contribution < 1.29 is 13.2 Å². The van der Waals surface area contributed by atoms with E-state index >= 15 is 0 Å². The molecule has 1 aromatic rings. The lowest BCUT2D eigenvalue weighted by molar-refractivity contribution is 0.265. The number of primary amides is 1.